The molecule has 0 N–H and O–H groups in total. The van der Waals surface area contributed by atoms with Crippen LogP contribution in [0.2, 0.25) is 0 Å². The van der Waals surface area contributed by atoms with E-state index in [1.165, 1.54) is 23.3 Å². The van der Waals surface area contributed by atoms with Crippen LogP contribution in [0.15, 0.2) is 35.2 Å². The van der Waals surface area contributed by atoms with Crippen LogP contribution in [0.4, 0.5) is 13.2 Å². The highest BCUT2D eigenvalue weighted by molar-refractivity contribution is 8.00. The van der Waals surface area contributed by atoms with Crippen molar-refractivity contribution in [1.29, 1.82) is 0 Å². The largest absolute Gasteiger partial charge is 0.416 e. The average molecular weight is 365 g/mol. The third-order valence-corrected chi connectivity index (χ3v) is 8.44. The predicted octanol–water partition coefficient (Wildman–Crippen LogP) is 3.32. The van der Waals surface area contributed by atoms with E-state index in [1.807, 2.05) is 0 Å². The quantitative estimate of drug-likeness (QED) is 0.824. The molecule has 0 bridgehead atoms. The van der Waals surface area contributed by atoms with E-state index in [9.17, 15) is 21.6 Å². The molecule has 23 heavy (non-hydrogen) atoms. The fourth-order valence-electron chi connectivity index (χ4n) is 3.85. The Morgan fingerprint density at radius 1 is 1.26 bits per heavy atom. The third kappa shape index (κ3) is 2.49. The van der Waals surface area contributed by atoms with Gasteiger partial charge in [-0.15, -0.1) is 11.8 Å². The summed E-state index contributed by atoms with van der Waals surface area (Å²) in [6.45, 7) is 0.297. The predicted molar refractivity (Wildman–Crippen MR) is 84.1 cm³/mol. The Morgan fingerprint density at radius 2 is 1.91 bits per heavy atom. The Kier molecular flexibility index (Phi) is 4.21. The Labute approximate surface area is 138 Å². The Morgan fingerprint density at radius 3 is 2.48 bits per heavy atom. The van der Waals surface area contributed by atoms with Gasteiger partial charge in [0.2, 0.25) is 0 Å². The lowest BCUT2D eigenvalue weighted by Gasteiger charge is -2.38. The average Bonchev–Trinajstić information content (AvgIpc) is 3.08. The van der Waals surface area contributed by atoms with Crippen molar-refractivity contribution in [2.24, 2.45) is 0 Å². The van der Waals surface area contributed by atoms with Gasteiger partial charge in [-0.1, -0.05) is 18.2 Å². The third-order valence-electron chi connectivity index (χ3n) is 4.92. The molecule has 2 aliphatic rings. The zero-order valence-electron chi connectivity index (χ0n) is 12.6. The van der Waals surface area contributed by atoms with Crippen LogP contribution in [0.1, 0.15) is 19.3 Å². The maximum Gasteiger partial charge on any atom is 0.416 e. The molecule has 2 saturated heterocycles. The fraction of sp³-hybridized carbons (Fsp3) is 0.600. The van der Waals surface area contributed by atoms with Crippen LogP contribution < -0.4 is 0 Å². The molecule has 0 radical (unpaired) electrons. The van der Waals surface area contributed by atoms with Crippen LogP contribution in [0, 0.1) is 0 Å². The number of rotatable bonds is 3. The molecule has 1 aromatic carbocycles. The normalized spacial score (nSPS) is 32.2. The maximum absolute atomic E-state index is 13.8. The topological polar surface area (TPSA) is 37.4 Å². The molecule has 2 heterocycles. The lowest BCUT2D eigenvalue weighted by atomic mass is 10.1. The highest BCUT2D eigenvalue weighted by Crippen LogP contribution is 2.56. The number of thioether (sulfide) groups is 1. The number of halogens is 3. The van der Waals surface area contributed by atoms with Gasteiger partial charge in [-0.2, -0.15) is 13.2 Å². The summed E-state index contributed by atoms with van der Waals surface area (Å²) in [4.78, 5) is -0.611. The van der Waals surface area contributed by atoms with E-state index in [1.54, 1.807) is 18.2 Å². The van der Waals surface area contributed by atoms with E-state index in [4.69, 9.17) is 0 Å². The second-order valence-corrected chi connectivity index (χ2v) is 9.24. The summed E-state index contributed by atoms with van der Waals surface area (Å²) in [6, 6.07) is 7.24. The van der Waals surface area contributed by atoms with Gasteiger partial charge < -0.3 is 0 Å². The van der Waals surface area contributed by atoms with Gasteiger partial charge in [0, 0.05) is 19.0 Å². The minimum Gasteiger partial charge on any atom is -0.277 e. The van der Waals surface area contributed by atoms with Crippen molar-refractivity contribution in [3.63, 3.8) is 0 Å². The van der Waals surface area contributed by atoms with Gasteiger partial charge in [0.1, 0.15) is 0 Å². The molecule has 3 nitrogen and oxygen atoms in total. The van der Waals surface area contributed by atoms with Crippen LogP contribution in [0.3, 0.4) is 0 Å². The molecule has 0 unspecified atom stereocenters. The first kappa shape index (κ1) is 17.1. The molecule has 0 aromatic heterocycles. The smallest absolute Gasteiger partial charge is 0.277 e. The molecule has 3 atom stereocenters. The molecule has 8 heteroatoms. The molecular formula is C15H18F3NO2S2. The second kappa shape index (κ2) is 5.67. The summed E-state index contributed by atoms with van der Waals surface area (Å²) >= 11 is 0.715. The number of hydrogen-bond donors (Lipinski definition) is 0. The SMILES string of the molecule is CS[C@]1(C(F)(F)F)C[C@@H](S(=O)(=O)c2ccccc2)[C@H]2CCCN21. The molecule has 2 aliphatic heterocycles. The van der Waals surface area contributed by atoms with E-state index < -0.39 is 38.6 Å². The summed E-state index contributed by atoms with van der Waals surface area (Å²) in [5.74, 6) is 0. The van der Waals surface area contributed by atoms with Crippen molar-refractivity contribution < 1.29 is 21.6 Å². The fourth-order valence-corrected chi connectivity index (χ4v) is 7.04. The summed E-state index contributed by atoms with van der Waals surface area (Å²) in [5.41, 5.74) is 0. The minimum atomic E-state index is -4.46. The summed E-state index contributed by atoms with van der Waals surface area (Å²) < 4.78 is 67.1. The molecule has 3 rings (SSSR count). The monoisotopic (exact) mass is 365 g/mol. The van der Waals surface area contributed by atoms with Gasteiger partial charge in [-0.3, -0.25) is 4.90 Å². The maximum atomic E-state index is 13.8. The van der Waals surface area contributed by atoms with E-state index in [0.29, 0.717) is 31.1 Å². The van der Waals surface area contributed by atoms with Gasteiger partial charge in [-0.05, 0) is 31.2 Å². The van der Waals surface area contributed by atoms with Gasteiger partial charge in [0.25, 0.3) is 0 Å². The first-order chi connectivity index (χ1) is 10.7. The highest BCUT2D eigenvalue weighted by atomic mass is 32.2. The molecule has 0 spiro atoms. The molecule has 1 aromatic rings. The molecule has 0 amide bonds. The second-order valence-electron chi connectivity index (χ2n) is 5.99. The number of hydrogen-bond acceptors (Lipinski definition) is 4. The van der Waals surface area contributed by atoms with Crippen molar-refractivity contribution in [3.05, 3.63) is 30.3 Å². The van der Waals surface area contributed by atoms with Gasteiger partial charge in [0.05, 0.1) is 10.1 Å². The zero-order chi connectivity index (χ0) is 16.9. The summed E-state index contributed by atoms with van der Waals surface area (Å²) in [6.07, 6.45) is -2.35. The van der Waals surface area contributed by atoms with Crippen LogP contribution in [-0.4, -0.2) is 48.5 Å². The molecule has 128 valence electrons. The van der Waals surface area contributed by atoms with E-state index in [0.717, 1.165) is 0 Å². The van der Waals surface area contributed by atoms with Gasteiger partial charge in [-0.25, -0.2) is 8.42 Å². The van der Waals surface area contributed by atoms with Crippen LogP contribution in [0.25, 0.3) is 0 Å². The molecule has 0 saturated carbocycles. The molecule has 2 fully saturated rings. The first-order valence-electron chi connectivity index (χ1n) is 7.41. The number of sulfone groups is 1. The summed E-state index contributed by atoms with van der Waals surface area (Å²) in [5, 5.41) is -1.01. The summed E-state index contributed by atoms with van der Waals surface area (Å²) in [7, 11) is -3.79. The van der Waals surface area contributed by atoms with Crippen molar-refractivity contribution in [1.82, 2.24) is 4.90 Å². The number of fused-ring (bicyclic) bond motifs is 1. The Bertz CT molecular complexity index is 678. The van der Waals surface area contributed by atoms with Gasteiger partial charge >= 0.3 is 6.18 Å². The first-order valence-corrected chi connectivity index (χ1v) is 10.2. The minimum absolute atomic E-state index is 0.107. The van der Waals surface area contributed by atoms with E-state index in [-0.39, 0.29) is 4.90 Å². The van der Waals surface area contributed by atoms with Crippen LogP contribution in [0.5, 0.6) is 0 Å². The van der Waals surface area contributed by atoms with Crippen molar-refractivity contribution in [3.8, 4) is 0 Å². The molecule has 0 aliphatic carbocycles. The number of benzene rings is 1. The van der Waals surface area contributed by atoms with Gasteiger partial charge in [0.15, 0.2) is 14.7 Å². The van der Waals surface area contributed by atoms with E-state index in [2.05, 4.69) is 0 Å². The lowest BCUT2D eigenvalue weighted by Crippen LogP contribution is -2.52. The highest BCUT2D eigenvalue weighted by Gasteiger charge is 2.68. The van der Waals surface area contributed by atoms with Crippen molar-refractivity contribution in [2.45, 2.75) is 46.5 Å². The zero-order valence-corrected chi connectivity index (χ0v) is 14.2. The lowest BCUT2D eigenvalue weighted by molar-refractivity contribution is -0.189. The number of alkyl halides is 3. The van der Waals surface area contributed by atoms with Crippen molar-refractivity contribution in [2.75, 3.05) is 12.8 Å². The van der Waals surface area contributed by atoms with Crippen LogP contribution in [-0.2, 0) is 9.84 Å². The Hall–Kier alpha value is -0.730. The number of nitrogens with zero attached hydrogens (tertiary/aromatic N) is 1. The van der Waals surface area contributed by atoms with Crippen LogP contribution >= 0.6 is 11.8 Å². The Balaban J connectivity index is 2.05. The standard InChI is InChI=1S/C15H18F3NO2S2/c1-22-14(15(16,17)18)10-13(12-8-5-9-19(12)14)23(20,21)11-6-3-2-4-7-11/h2-4,6-7,12-13H,5,8-10H2,1H3/t12-,13-,14+/m1/s1. The van der Waals surface area contributed by atoms with Crippen molar-refractivity contribution >= 4 is 21.6 Å². The van der Waals surface area contributed by atoms with E-state index >= 15 is 0 Å². The molecular weight excluding hydrogens is 347 g/mol.